The van der Waals surface area contributed by atoms with Gasteiger partial charge >= 0.3 is 5.69 Å². The first-order chi connectivity index (χ1) is 16.9. The fourth-order valence-corrected chi connectivity index (χ4v) is 3.95. The Hall–Kier alpha value is -3.96. The van der Waals surface area contributed by atoms with Gasteiger partial charge in [-0.2, -0.15) is 9.97 Å². The van der Waals surface area contributed by atoms with Crippen LogP contribution in [0.1, 0.15) is 17.2 Å². The van der Waals surface area contributed by atoms with Crippen molar-refractivity contribution in [2.75, 3.05) is 56.3 Å². The number of aryl methyl sites for hydroxylation is 1. The molecular weight excluding hydrogens is 450 g/mol. The van der Waals surface area contributed by atoms with Gasteiger partial charge in [-0.3, -0.25) is 15.0 Å². The minimum atomic E-state index is -0.580. The van der Waals surface area contributed by atoms with Gasteiger partial charge in [0.15, 0.2) is 0 Å². The number of nitrogens with zero attached hydrogens (tertiary/aromatic N) is 4. The molecule has 184 valence electrons. The molecule has 0 amide bonds. The molecule has 0 bridgehead atoms. The molecule has 4 rings (SSSR count). The van der Waals surface area contributed by atoms with Crippen molar-refractivity contribution in [1.29, 1.82) is 0 Å². The first kappa shape index (κ1) is 24.2. The highest BCUT2D eigenvalue weighted by molar-refractivity contribution is 5.74. The van der Waals surface area contributed by atoms with Crippen molar-refractivity contribution >= 4 is 29.0 Å². The van der Waals surface area contributed by atoms with Gasteiger partial charge in [-0.1, -0.05) is 29.8 Å². The Balaban J connectivity index is 1.59. The van der Waals surface area contributed by atoms with Crippen molar-refractivity contribution in [2.45, 2.75) is 13.0 Å². The molecular formula is C24H29N7O4. The normalized spacial score (nSPS) is 14.8. The molecule has 1 fully saturated rings. The number of benzene rings is 2. The van der Waals surface area contributed by atoms with Crippen LogP contribution >= 0.6 is 0 Å². The average Bonchev–Trinajstić information content (AvgIpc) is 2.86. The summed E-state index contributed by atoms with van der Waals surface area (Å²) >= 11 is 0. The number of morpholine rings is 1. The van der Waals surface area contributed by atoms with E-state index < -0.39 is 4.92 Å². The Morgan fingerprint density at radius 3 is 2.46 bits per heavy atom. The van der Waals surface area contributed by atoms with Gasteiger partial charge in [-0.15, -0.1) is 0 Å². The van der Waals surface area contributed by atoms with Crippen molar-refractivity contribution in [3.63, 3.8) is 0 Å². The molecule has 2 aromatic carbocycles. The molecule has 0 aliphatic carbocycles. The highest BCUT2D eigenvalue weighted by Gasteiger charge is 2.26. The lowest BCUT2D eigenvalue weighted by molar-refractivity contribution is -0.383. The molecule has 0 unspecified atom stereocenters. The van der Waals surface area contributed by atoms with E-state index in [0.717, 1.165) is 30.0 Å². The molecule has 1 atom stereocenters. The zero-order valence-corrected chi connectivity index (χ0v) is 19.7. The summed E-state index contributed by atoms with van der Waals surface area (Å²) in [6.45, 7) is 5.29. The molecule has 1 aliphatic rings. The molecule has 4 N–H and O–H groups in total. The zero-order valence-electron chi connectivity index (χ0n) is 19.7. The molecule has 0 spiro atoms. The van der Waals surface area contributed by atoms with Crippen LogP contribution in [-0.4, -0.2) is 59.7 Å². The Bertz CT molecular complexity index is 1150. The lowest BCUT2D eigenvalue weighted by Crippen LogP contribution is -2.41. The number of anilines is 4. The van der Waals surface area contributed by atoms with Crippen molar-refractivity contribution in [3.05, 3.63) is 69.8 Å². The summed E-state index contributed by atoms with van der Waals surface area (Å²) < 4.78 is 10.8. The van der Waals surface area contributed by atoms with Crippen LogP contribution in [0.3, 0.4) is 0 Å². The molecule has 11 heteroatoms. The smallest absolute Gasteiger partial charge is 0.353 e. The van der Waals surface area contributed by atoms with Gasteiger partial charge < -0.3 is 25.8 Å². The number of ether oxygens (including phenoxy) is 2. The first-order valence-corrected chi connectivity index (χ1v) is 11.3. The van der Waals surface area contributed by atoms with Crippen LogP contribution < -0.4 is 21.1 Å². The standard InChI is InChI=1S/C24H29N7O4/c1-16-3-7-18(8-4-16)27-23-21(31(32)33)22(25)28-24(29-23)26-15-20(30-11-13-35-14-12-30)17-5-9-19(34-2)10-6-17/h3-10,20H,11-15H2,1-2H3,(H4,25,26,27,28,29)/t20-/m0/s1. The molecule has 2 heterocycles. The summed E-state index contributed by atoms with van der Waals surface area (Å²) in [4.78, 5) is 22.0. The molecule has 11 nitrogen and oxygen atoms in total. The highest BCUT2D eigenvalue weighted by atomic mass is 16.6. The van der Waals surface area contributed by atoms with E-state index >= 15 is 0 Å². The van der Waals surface area contributed by atoms with Crippen LogP contribution in [-0.2, 0) is 4.74 Å². The quantitative estimate of drug-likeness (QED) is 0.308. The second kappa shape index (κ2) is 11.0. The first-order valence-electron chi connectivity index (χ1n) is 11.3. The average molecular weight is 480 g/mol. The predicted molar refractivity (Wildman–Crippen MR) is 134 cm³/mol. The summed E-state index contributed by atoms with van der Waals surface area (Å²) in [6.07, 6.45) is 0. The Morgan fingerprint density at radius 1 is 1.14 bits per heavy atom. The van der Waals surface area contributed by atoms with Crippen molar-refractivity contribution in [3.8, 4) is 5.75 Å². The minimum absolute atomic E-state index is 0.00155. The maximum absolute atomic E-state index is 11.7. The van der Waals surface area contributed by atoms with Gasteiger partial charge in [0.05, 0.1) is 31.3 Å². The zero-order chi connectivity index (χ0) is 24.8. The van der Waals surface area contributed by atoms with Crippen LogP contribution in [0.25, 0.3) is 0 Å². The number of aromatic nitrogens is 2. The molecule has 0 saturated carbocycles. The summed E-state index contributed by atoms with van der Waals surface area (Å²) in [6, 6.07) is 15.3. The van der Waals surface area contributed by atoms with Gasteiger partial charge in [0.25, 0.3) is 0 Å². The SMILES string of the molecule is COc1ccc([C@H](CNc2nc(N)c([N+](=O)[O-])c(Nc3ccc(C)cc3)n2)N2CCOCC2)cc1. The van der Waals surface area contributed by atoms with E-state index in [1.165, 1.54) is 0 Å². The fourth-order valence-electron chi connectivity index (χ4n) is 3.95. The molecule has 0 radical (unpaired) electrons. The summed E-state index contributed by atoms with van der Waals surface area (Å²) in [5, 5.41) is 17.9. The molecule has 1 aromatic heterocycles. The second-order valence-electron chi connectivity index (χ2n) is 8.20. The topological polar surface area (TPSA) is 141 Å². The number of nitro groups is 1. The summed E-state index contributed by atoms with van der Waals surface area (Å²) in [7, 11) is 1.63. The van der Waals surface area contributed by atoms with Gasteiger partial charge in [0.2, 0.25) is 17.6 Å². The third kappa shape index (κ3) is 5.94. The van der Waals surface area contributed by atoms with Crippen molar-refractivity contribution in [1.82, 2.24) is 14.9 Å². The van der Waals surface area contributed by atoms with Gasteiger partial charge in [-0.05, 0) is 36.8 Å². The van der Waals surface area contributed by atoms with Crippen LogP contribution in [0.15, 0.2) is 48.5 Å². The van der Waals surface area contributed by atoms with E-state index in [4.69, 9.17) is 15.2 Å². The van der Waals surface area contributed by atoms with Crippen LogP contribution in [0.5, 0.6) is 5.75 Å². The number of hydrogen-bond acceptors (Lipinski definition) is 10. The number of hydrogen-bond donors (Lipinski definition) is 3. The molecule has 3 aromatic rings. The van der Waals surface area contributed by atoms with Gasteiger partial charge in [0.1, 0.15) is 5.75 Å². The van der Waals surface area contributed by atoms with Crippen molar-refractivity contribution < 1.29 is 14.4 Å². The van der Waals surface area contributed by atoms with Crippen LogP contribution in [0.2, 0.25) is 0 Å². The van der Waals surface area contributed by atoms with Crippen molar-refractivity contribution in [2.24, 2.45) is 0 Å². The largest absolute Gasteiger partial charge is 0.497 e. The maximum atomic E-state index is 11.7. The van der Waals surface area contributed by atoms with Gasteiger partial charge in [0, 0.05) is 25.3 Å². The maximum Gasteiger partial charge on any atom is 0.353 e. The van der Waals surface area contributed by atoms with E-state index in [1.54, 1.807) is 7.11 Å². The van der Waals surface area contributed by atoms with Gasteiger partial charge in [-0.25, -0.2) is 0 Å². The third-order valence-corrected chi connectivity index (χ3v) is 5.85. The van der Waals surface area contributed by atoms with E-state index in [0.29, 0.717) is 25.4 Å². The lowest BCUT2D eigenvalue weighted by atomic mass is 10.0. The highest BCUT2D eigenvalue weighted by Crippen LogP contribution is 2.32. The monoisotopic (exact) mass is 479 g/mol. The van der Waals surface area contributed by atoms with E-state index in [2.05, 4.69) is 25.5 Å². The molecule has 1 saturated heterocycles. The predicted octanol–water partition coefficient (Wildman–Crippen LogP) is 3.51. The Morgan fingerprint density at radius 2 is 1.83 bits per heavy atom. The second-order valence-corrected chi connectivity index (χ2v) is 8.20. The number of nitrogens with two attached hydrogens (primary N) is 1. The summed E-state index contributed by atoms with van der Waals surface area (Å²) in [5.74, 6) is 0.797. The third-order valence-electron chi connectivity index (χ3n) is 5.85. The fraction of sp³-hybridized carbons (Fsp3) is 0.333. The molecule has 35 heavy (non-hydrogen) atoms. The number of rotatable bonds is 9. The minimum Gasteiger partial charge on any atom is -0.497 e. The van der Waals surface area contributed by atoms with E-state index in [1.807, 2.05) is 55.5 Å². The van der Waals surface area contributed by atoms with Crippen LogP contribution in [0, 0.1) is 17.0 Å². The van der Waals surface area contributed by atoms with Crippen LogP contribution in [0.4, 0.5) is 29.0 Å². The van der Waals surface area contributed by atoms with E-state index in [9.17, 15) is 10.1 Å². The number of nitrogen functional groups attached to an aromatic ring is 1. The number of methoxy groups -OCH3 is 1. The molecule has 1 aliphatic heterocycles. The van der Waals surface area contributed by atoms with E-state index in [-0.39, 0.29) is 29.3 Å². The number of nitrogens with one attached hydrogen (secondary N) is 2. The Kier molecular flexibility index (Phi) is 7.58. The Labute approximate surface area is 203 Å². The summed E-state index contributed by atoms with van der Waals surface area (Å²) in [5.41, 5.74) is 8.44. The lowest BCUT2D eigenvalue weighted by Gasteiger charge is -2.35.